The molecule has 296 valence electrons. The molecule has 0 aliphatic carbocycles. The molecule has 12 atom stereocenters. The predicted octanol–water partition coefficient (Wildman–Crippen LogP) is -4.61. The summed E-state index contributed by atoms with van der Waals surface area (Å²) in [6.45, 7) is -2.01. The van der Waals surface area contributed by atoms with Crippen LogP contribution in [0.25, 0.3) is 11.2 Å². The van der Waals surface area contributed by atoms with Crippen molar-refractivity contribution in [1.29, 1.82) is 0 Å². The smallest absolute Gasteiger partial charge is 0.480 e. The highest BCUT2D eigenvalue weighted by Gasteiger charge is 2.50. The number of carbonyl (C=O) groups is 3. The second-order valence-corrected chi connectivity index (χ2v) is 15.0. The van der Waals surface area contributed by atoms with Crippen LogP contribution in [0.5, 0.6) is 0 Å². The number of aliphatic carboxylic acids is 1. The summed E-state index contributed by atoms with van der Waals surface area (Å²) in [6, 6.07) is -0.620. The fourth-order valence-electron chi connectivity index (χ4n) is 5.49. The molecule has 26 nitrogen and oxygen atoms in total. The average molecular weight is 810 g/mol. The average Bonchev–Trinajstić information content (AvgIpc) is 3.75. The zero-order valence-corrected chi connectivity index (χ0v) is 29.1. The number of ether oxygens (including phenoxy) is 2. The first-order chi connectivity index (χ1) is 25.2. The highest BCUT2D eigenvalue weighted by molar-refractivity contribution is 7.61. The molecule has 0 aromatic carbocycles. The number of aromatic nitrogens is 5. The van der Waals surface area contributed by atoms with Gasteiger partial charge in [0.2, 0.25) is 0 Å². The van der Waals surface area contributed by atoms with Gasteiger partial charge in [-0.25, -0.2) is 24.1 Å². The summed E-state index contributed by atoms with van der Waals surface area (Å²) < 4.78 is 52.1. The SMILES string of the molecule is NC(=O)c1c[n+]([C@@H]2O[C@@H](COP(=O)(O)OP(=O)(O)OC[C@@H]3O[C@@H](n4cnc5c(N)ncnc54)[C@H](O)[C@H]3O)[C@H](O)[C@H]2O)ccc1[C@H](O)C(=O)C[C@H](N)C(=O)O. The Morgan fingerprint density at radius 3 is 2.19 bits per heavy atom. The number of carbonyl (C=O) groups excluding carboxylic acids is 2. The van der Waals surface area contributed by atoms with Crippen molar-refractivity contribution in [2.45, 2.75) is 67.6 Å². The van der Waals surface area contributed by atoms with Crippen LogP contribution >= 0.6 is 15.6 Å². The lowest BCUT2D eigenvalue weighted by Gasteiger charge is -2.20. The zero-order valence-electron chi connectivity index (χ0n) is 27.3. The molecule has 1 amide bonds. The van der Waals surface area contributed by atoms with Crippen LogP contribution in [0.3, 0.4) is 0 Å². The van der Waals surface area contributed by atoms with Gasteiger partial charge in [0, 0.05) is 18.1 Å². The maximum absolute atomic E-state index is 12.6. The second-order valence-electron chi connectivity index (χ2n) is 11.9. The van der Waals surface area contributed by atoms with Crippen LogP contribution in [0.4, 0.5) is 5.82 Å². The maximum atomic E-state index is 12.6. The van der Waals surface area contributed by atoms with E-state index in [2.05, 4.69) is 23.8 Å². The van der Waals surface area contributed by atoms with Gasteiger partial charge in [-0.15, -0.1) is 0 Å². The Labute approximate surface area is 301 Å². The number of primary amides is 1. The number of phosphoric ester groups is 2. The molecular weight excluding hydrogens is 774 g/mol. The van der Waals surface area contributed by atoms with Gasteiger partial charge >= 0.3 is 21.6 Å². The molecule has 5 heterocycles. The molecule has 28 heteroatoms. The number of nitrogen functional groups attached to an aromatic ring is 1. The van der Waals surface area contributed by atoms with Crippen LogP contribution < -0.4 is 21.8 Å². The molecule has 0 spiro atoms. The lowest BCUT2D eigenvalue weighted by molar-refractivity contribution is -0.765. The van der Waals surface area contributed by atoms with Crippen molar-refractivity contribution in [3.63, 3.8) is 0 Å². The molecule has 14 N–H and O–H groups in total. The third-order valence-electron chi connectivity index (χ3n) is 8.26. The number of fused-ring (bicyclic) bond motifs is 1. The minimum Gasteiger partial charge on any atom is -0.480 e. The van der Waals surface area contributed by atoms with Gasteiger partial charge in [-0.3, -0.25) is 28.0 Å². The number of hydrogen-bond acceptors (Lipinski definition) is 20. The largest absolute Gasteiger partial charge is 0.481 e. The lowest BCUT2D eigenvalue weighted by Crippen LogP contribution is -2.47. The van der Waals surface area contributed by atoms with Crippen LogP contribution in [0.2, 0.25) is 0 Å². The van der Waals surface area contributed by atoms with E-state index in [-0.39, 0.29) is 22.5 Å². The van der Waals surface area contributed by atoms with Crippen molar-refractivity contribution in [3.05, 3.63) is 42.2 Å². The van der Waals surface area contributed by atoms with Crippen molar-refractivity contribution < 1.29 is 91.3 Å². The number of nitrogens with two attached hydrogens (primary N) is 3. The minimum absolute atomic E-state index is 0.0186. The number of aliphatic hydroxyl groups is 5. The van der Waals surface area contributed by atoms with Crippen molar-refractivity contribution >= 4 is 50.3 Å². The fraction of sp³-hybridized carbons (Fsp3) is 0.500. The molecule has 2 aliphatic rings. The van der Waals surface area contributed by atoms with E-state index in [0.29, 0.717) is 0 Å². The monoisotopic (exact) mass is 809 g/mol. The van der Waals surface area contributed by atoms with Gasteiger partial charge in [0.05, 0.1) is 19.5 Å². The second kappa shape index (κ2) is 16.0. The summed E-state index contributed by atoms with van der Waals surface area (Å²) in [6.07, 6.45) is -11.5. The Bertz CT molecular complexity index is 2010. The van der Waals surface area contributed by atoms with Crippen LogP contribution in [0, 0.1) is 0 Å². The van der Waals surface area contributed by atoms with Gasteiger partial charge in [0.25, 0.3) is 12.1 Å². The molecular formula is C26H35N8O18P2+. The molecule has 0 saturated carbocycles. The number of phosphoric acid groups is 2. The topological polar surface area (TPSA) is 419 Å². The first-order valence-electron chi connectivity index (χ1n) is 15.4. The molecule has 0 bridgehead atoms. The van der Waals surface area contributed by atoms with E-state index in [9.17, 15) is 58.8 Å². The molecule has 2 saturated heterocycles. The van der Waals surface area contributed by atoms with E-state index < -0.39 is 120 Å². The quantitative estimate of drug-likeness (QED) is 0.0479. The Balaban J connectivity index is 1.18. The molecule has 54 heavy (non-hydrogen) atoms. The number of nitrogens with zero attached hydrogens (tertiary/aromatic N) is 5. The summed E-state index contributed by atoms with van der Waals surface area (Å²) in [4.78, 5) is 67.6. The first kappa shape index (κ1) is 41.2. The molecule has 5 rings (SSSR count). The van der Waals surface area contributed by atoms with Crippen molar-refractivity contribution in [3.8, 4) is 0 Å². The van der Waals surface area contributed by atoms with Crippen LogP contribution in [-0.4, -0.2) is 133 Å². The summed E-state index contributed by atoms with van der Waals surface area (Å²) >= 11 is 0. The highest BCUT2D eigenvalue weighted by atomic mass is 31.3. The highest BCUT2D eigenvalue weighted by Crippen LogP contribution is 2.60. The molecule has 2 aliphatic heterocycles. The van der Waals surface area contributed by atoms with E-state index in [1.165, 1.54) is 10.9 Å². The van der Waals surface area contributed by atoms with Crippen LogP contribution in [0.1, 0.15) is 40.9 Å². The minimum atomic E-state index is -5.52. The summed E-state index contributed by atoms with van der Waals surface area (Å²) in [7, 11) is -11.0. The summed E-state index contributed by atoms with van der Waals surface area (Å²) in [5.74, 6) is -3.72. The summed E-state index contributed by atoms with van der Waals surface area (Å²) in [5, 5.41) is 61.6. The van der Waals surface area contributed by atoms with E-state index in [1.54, 1.807) is 0 Å². The Morgan fingerprint density at radius 1 is 0.963 bits per heavy atom. The Hall–Kier alpha value is -3.95. The molecule has 2 unspecified atom stereocenters. The first-order valence-corrected chi connectivity index (χ1v) is 18.4. The number of aliphatic hydroxyl groups excluding tert-OH is 5. The van der Waals surface area contributed by atoms with Gasteiger partial charge in [-0.1, -0.05) is 0 Å². The molecule has 0 radical (unpaired) electrons. The Kier molecular flexibility index (Phi) is 12.2. The van der Waals surface area contributed by atoms with Gasteiger partial charge < -0.3 is 67.1 Å². The number of Topliss-reactive ketones (excluding diaryl/α,β-unsaturated/α-hetero) is 1. The molecule has 3 aromatic rings. The standard InChI is InChI=1S/C26H34N8O18P2/c27-11(26(42)43)3-12(35)16(36)9-1-2-33(4-10(9)22(29)41)24-19(39)17(37)13(50-24)5-48-53(44,45)52-54(46,47)49-6-14-18(38)20(40)25(51-14)34-8-32-15-21(28)30-7-31-23(15)34/h1-2,4,7-8,11,13-14,16-20,24-25,36-40H,3,5-6,27H2,(H6-,28,29,30,31,41,42,43,44,45,46,47)/p+1/t11-,13-,14-,16-,17-,18-,19+,20+,24+,25+/m0/s1. The van der Waals surface area contributed by atoms with Gasteiger partial charge in [0.15, 0.2) is 42.0 Å². The van der Waals surface area contributed by atoms with Gasteiger partial charge in [-0.2, -0.15) is 8.88 Å². The zero-order chi connectivity index (χ0) is 39.9. The Morgan fingerprint density at radius 2 is 1.57 bits per heavy atom. The number of hydrogen-bond donors (Lipinski definition) is 11. The van der Waals surface area contributed by atoms with Gasteiger partial charge in [-0.05, 0) is 0 Å². The van der Waals surface area contributed by atoms with Crippen LogP contribution in [0.15, 0.2) is 31.1 Å². The maximum Gasteiger partial charge on any atom is 0.481 e. The van der Waals surface area contributed by atoms with E-state index in [1.807, 2.05) is 0 Å². The number of ketones is 1. The van der Waals surface area contributed by atoms with Gasteiger partial charge in [0.1, 0.15) is 60.1 Å². The number of pyridine rings is 1. The van der Waals surface area contributed by atoms with E-state index in [0.717, 1.165) is 29.4 Å². The van der Waals surface area contributed by atoms with E-state index >= 15 is 0 Å². The number of carboxylic acid groups (broad SMARTS) is 1. The fourth-order valence-corrected chi connectivity index (χ4v) is 7.58. The van der Waals surface area contributed by atoms with Crippen molar-refractivity contribution in [2.24, 2.45) is 11.5 Å². The predicted molar refractivity (Wildman–Crippen MR) is 170 cm³/mol. The number of amides is 1. The third kappa shape index (κ3) is 8.78. The van der Waals surface area contributed by atoms with Crippen molar-refractivity contribution in [1.82, 2.24) is 19.5 Å². The van der Waals surface area contributed by atoms with Crippen LogP contribution in [-0.2, 0) is 41.6 Å². The normalized spacial score (nSPS) is 29.0. The number of imidazole rings is 1. The number of carboxylic acids is 1. The lowest BCUT2D eigenvalue weighted by atomic mass is 9.97. The van der Waals surface area contributed by atoms with Crippen molar-refractivity contribution in [2.75, 3.05) is 18.9 Å². The number of anilines is 1. The third-order valence-corrected chi connectivity index (χ3v) is 10.9. The molecule has 2 fully saturated rings. The summed E-state index contributed by atoms with van der Waals surface area (Å²) in [5.41, 5.74) is 15.9. The number of rotatable bonds is 16. The van der Waals surface area contributed by atoms with E-state index in [4.69, 9.17) is 36.3 Å². The molecule has 3 aromatic heterocycles.